The lowest BCUT2D eigenvalue weighted by molar-refractivity contribution is -0.126. The summed E-state index contributed by atoms with van der Waals surface area (Å²) in [6.45, 7) is 6.24. The third kappa shape index (κ3) is 3.73. The summed E-state index contributed by atoms with van der Waals surface area (Å²) in [5.41, 5.74) is -0.486. The maximum absolute atomic E-state index is 11.9. The molecule has 3 nitrogen and oxygen atoms in total. The van der Waals surface area contributed by atoms with E-state index in [1.165, 1.54) is 0 Å². The van der Waals surface area contributed by atoms with Crippen molar-refractivity contribution in [1.82, 2.24) is 5.32 Å². The van der Waals surface area contributed by atoms with Gasteiger partial charge in [0.05, 0.1) is 6.07 Å². The minimum atomic E-state index is -0.486. The Morgan fingerprint density at radius 2 is 1.76 bits per heavy atom. The third-order valence-corrected chi connectivity index (χ3v) is 3.71. The van der Waals surface area contributed by atoms with Crippen LogP contribution in [0.3, 0.4) is 0 Å². The van der Waals surface area contributed by atoms with E-state index in [9.17, 15) is 4.79 Å². The van der Waals surface area contributed by atoms with Crippen LogP contribution in [0, 0.1) is 23.2 Å². The zero-order chi connectivity index (χ0) is 12.9. The van der Waals surface area contributed by atoms with E-state index >= 15 is 0 Å². The number of nitriles is 1. The molecule has 2 fully saturated rings. The molecule has 2 rings (SSSR count). The highest BCUT2D eigenvalue weighted by Gasteiger charge is 2.45. The minimum absolute atomic E-state index is 0.112. The second kappa shape index (κ2) is 6.05. The van der Waals surface area contributed by atoms with Gasteiger partial charge in [-0.2, -0.15) is 5.26 Å². The van der Waals surface area contributed by atoms with Gasteiger partial charge in [0.25, 0.3) is 0 Å². The van der Waals surface area contributed by atoms with Gasteiger partial charge in [-0.1, -0.05) is 20.8 Å². The third-order valence-electron chi connectivity index (χ3n) is 3.71. The molecule has 1 N–H and O–H groups in total. The van der Waals surface area contributed by atoms with Crippen molar-refractivity contribution in [3.63, 3.8) is 0 Å². The first kappa shape index (κ1) is 14.0. The summed E-state index contributed by atoms with van der Waals surface area (Å²) < 4.78 is 0. The fourth-order valence-corrected chi connectivity index (χ4v) is 2.25. The van der Waals surface area contributed by atoms with Crippen LogP contribution in [0.15, 0.2) is 0 Å². The largest absolute Gasteiger partial charge is 0.338 e. The topological polar surface area (TPSA) is 52.9 Å². The Morgan fingerprint density at radius 3 is 2.18 bits per heavy atom. The van der Waals surface area contributed by atoms with E-state index in [-0.39, 0.29) is 11.8 Å². The molecule has 0 unspecified atom stereocenters. The van der Waals surface area contributed by atoms with Crippen LogP contribution >= 0.6 is 0 Å². The van der Waals surface area contributed by atoms with Gasteiger partial charge in [0.15, 0.2) is 0 Å². The van der Waals surface area contributed by atoms with Crippen LogP contribution in [0.5, 0.6) is 0 Å². The number of carbonyl (C=O) groups excluding carboxylic acids is 1. The number of nitrogens with one attached hydrogen (secondary N) is 1. The van der Waals surface area contributed by atoms with Gasteiger partial charge in [-0.3, -0.25) is 4.79 Å². The van der Waals surface area contributed by atoms with Crippen LogP contribution in [0.25, 0.3) is 0 Å². The average molecular weight is 236 g/mol. The fourth-order valence-electron chi connectivity index (χ4n) is 2.25. The Labute approximate surface area is 105 Å². The number of hydrogen-bond donors (Lipinski definition) is 1. The number of carbonyl (C=O) groups is 1. The molecule has 2 aliphatic carbocycles. The van der Waals surface area contributed by atoms with Crippen molar-refractivity contribution in [3.8, 4) is 6.07 Å². The zero-order valence-electron chi connectivity index (χ0n) is 11.3. The summed E-state index contributed by atoms with van der Waals surface area (Å²) in [5, 5.41) is 11.8. The molecule has 0 aromatic carbocycles. The highest BCUT2D eigenvalue weighted by Crippen LogP contribution is 2.36. The summed E-state index contributed by atoms with van der Waals surface area (Å²) in [5.74, 6) is 1.04. The Hall–Kier alpha value is -1.04. The van der Waals surface area contributed by atoms with E-state index in [1.807, 2.05) is 13.8 Å². The number of nitrogens with zero attached hydrogens (tertiary/aromatic N) is 1. The summed E-state index contributed by atoms with van der Waals surface area (Å²) in [7, 11) is 0. The summed E-state index contributed by atoms with van der Waals surface area (Å²) in [6.07, 6.45) is 5.95. The van der Waals surface area contributed by atoms with Crippen molar-refractivity contribution < 1.29 is 4.79 Å². The van der Waals surface area contributed by atoms with Gasteiger partial charge in [-0.25, -0.2) is 0 Å². The Balaban J connectivity index is 0.000000686. The van der Waals surface area contributed by atoms with Crippen molar-refractivity contribution in [1.29, 1.82) is 5.26 Å². The molecule has 1 amide bonds. The maximum atomic E-state index is 11.9. The molecule has 0 aliphatic heterocycles. The molecule has 2 aliphatic rings. The van der Waals surface area contributed by atoms with Crippen molar-refractivity contribution in [2.75, 3.05) is 0 Å². The standard InChI is InChI=1S/C12H18N2O.C2H6/c1-9-2-4-10(5-3-9)11(15)14-12(8-13)6-7-12;1-2/h9-10H,2-7H2,1H3,(H,14,15);1-2H3. The first-order valence-corrected chi connectivity index (χ1v) is 6.88. The highest BCUT2D eigenvalue weighted by atomic mass is 16.2. The van der Waals surface area contributed by atoms with Crippen LogP contribution in [0.2, 0.25) is 0 Å². The molecular formula is C14H24N2O. The van der Waals surface area contributed by atoms with Crippen molar-refractivity contribution in [2.24, 2.45) is 11.8 Å². The summed E-state index contributed by atoms with van der Waals surface area (Å²) in [6, 6.07) is 2.20. The second-order valence-corrected chi connectivity index (χ2v) is 5.14. The summed E-state index contributed by atoms with van der Waals surface area (Å²) in [4.78, 5) is 11.9. The van der Waals surface area contributed by atoms with Gasteiger partial charge >= 0.3 is 0 Å². The van der Waals surface area contributed by atoms with Gasteiger partial charge in [0.1, 0.15) is 5.54 Å². The molecule has 0 aromatic rings. The summed E-state index contributed by atoms with van der Waals surface area (Å²) >= 11 is 0. The molecule has 17 heavy (non-hydrogen) atoms. The first-order valence-electron chi connectivity index (χ1n) is 6.88. The predicted molar refractivity (Wildman–Crippen MR) is 68.2 cm³/mol. The maximum Gasteiger partial charge on any atom is 0.224 e. The van der Waals surface area contributed by atoms with Crippen LogP contribution in [0.4, 0.5) is 0 Å². The lowest BCUT2D eigenvalue weighted by Gasteiger charge is -2.26. The lowest BCUT2D eigenvalue weighted by atomic mass is 9.82. The minimum Gasteiger partial charge on any atom is -0.338 e. The molecule has 0 heterocycles. The number of amides is 1. The van der Waals surface area contributed by atoms with E-state index in [1.54, 1.807) is 0 Å². The SMILES string of the molecule is CC.CC1CCC(C(=O)NC2(C#N)CC2)CC1. The monoisotopic (exact) mass is 236 g/mol. The molecule has 3 heteroatoms. The van der Waals surface area contributed by atoms with Crippen LogP contribution < -0.4 is 5.32 Å². The Bertz CT molecular complexity index is 294. The molecule has 0 atom stereocenters. The molecule has 0 saturated heterocycles. The van der Waals surface area contributed by atoms with Crippen molar-refractivity contribution in [2.45, 2.75) is 64.8 Å². The number of rotatable bonds is 2. The van der Waals surface area contributed by atoms with Crippen LogP contribution in [-0.4, -0.2) is 11.4 Å². The van der Waals surface area contributed by atoms with Crippen LogP contribution in [-0.2, 0) is 4.79 Å². The molecular weight excluding hydrogens is 212 g/mol. The molecule has 0 bridgehead atoms. The lowest BCUT2D eigenvalue weighted by Crippen LogP contribution is -2.40. The Morgan fingerprint density at radius 1 is 1.24 bits per heavy atom. The molecule has 0 aromatic heterocycles. The van der Waals surface area contributed by atoms with E-state index in [2.05, 4.69) is 18.3 Å². The molecule has 96 valence electrons. The predicted octanol–water partition coefficient (Wildman–Crippen LogP) is 3.01. The first-order chi connectivity index (χ1) is 8.15. The van der Waals surface area contributed by atoms with Gasteiger partial charge in [0.2, 0.25) is 5.91 Å². The van der Waals surface area contributed by atoms with E-state index < -0.39 is 5.54 Å². The Kier molecular flexibility index (Phi) is 4.99. The molecule has 2 saturated carbocycles. The van der Waals surface area contributed by atoms with Gasteiger partial charge < -0.3 is 5.32 Å². The fraction of sp³-hybridized carbons (Fsp3) is 0.857. The van der Waals surface area contributed by atoms with Gasteiger partial charge in [0, 0.05) is 5.92 Å². The molecule has 0 spiro atoms. The zero-order valence-corrected chi connectivity index (χ0v) is 11.3. The smallest absolute Gasteiger partial charge is 0.224 e. The number of hydrogen-bond acceptors (Lipinski definition) is 2. The van der Waals surface area contributed by atoms with E-state index in [0.717, 1.165) is 44.4 Å². The van der Waals surface area contributed by atoms with Crippen LogP contribution in [0.1, 0.15) is 59.3 Å². The highest BCUT2D eigenvalue weighted by molar-refractivity contribution is 5.80. The quantitative estimate of drug-likeness (QED) is 0.801. The van der Waals surface area contributed by atoms with E-state index in [0.29, 0.717) is 0 Å². The van der Waals surface area contributed by atoms with Crippen molar-refractivity contribution in [3.05, 3.63) is 0 Å². The molecule has 0 radical (unpaired) electrons. The van der Waals surface area contributed by atoms with Gasteiger partial charge in [-0.05, 0) is 44.4 Å². The second-order valence-electron chi connectivity index (χ2n) is 5.14. The average Bonchev–Trinajstić information content (AvgIpc) is 3.13. The van der Waals surface area contributed by atoms with Crippen molar-refractivity contribution >= 4 is 5.91 Å². The normalized spacial score (nSPS) is 29.3. The van der Waals surface area contributed by atoms with Gasteiger partial charge in [-0.15, -0.1) is 0 Å². The van der Waals surface area contributed by atoms with E-state index in [4.69, 9.17) is 5.26 Å².